The van der Waals surface area contributed by atoms with Crippen LogP contribution in [0.15, 0.2) is 18.3 Å². The van der Waals surface area contributed by atoms with E-state index in [0.29, 0.717) is 6.54 Å². The van der Waals surface area contributed by atoms with Gasteiger partial charge in [-0.15, -0.1) is 0 Å². The van der Waals surface area contributed by atoms with Crippen LogP contribution in [0.3, 0.4) is 0 Å². The molecule has 4 nitrogen and oxygen atoms in total. The Morgan fingerprint density at radius 1 is 1.47 bits per heavy atom. The van der Waals surface area contributed by atoms with E-state index < -0.39 is 0 Å². The van der Waals surface area contributed by atoms with E-state index in [-0.39, 0.29) is 12.1 Å². The van der Waals surface area contributed by atoms with E-state index in [1.807, 2.05) is 31.0 Å². The number of aliphatic hydroxyl groups is 1. The molecule has 1 heterocycles. The SMILES string of the molecule is CC(O)CN(C)c1ccc([C@H](C)N)nc1. The van der Waals surface area contributed by atoms with E-state index in [4.69, 9.17) is 5.73 Å². The van der Waals surface area contributed by atoms with Crippen LogP contribution < -0.4 is 10.6 Å². The average molecular weight is 209 g/mol. The molecule has 0 saturated carbocycles. The summed E-state index contributed by atoms with van der Waals surface area (Å²) in [4.78, 5) is 6.22. The molecule has 1 rings (SSSR count). The Morgan fingerprint density at radius 2 is 2.13 bits per heavy atom. The molecular weight excluding hydrogens is 190 g/mol. The minimum atomic E-state index is -0.344. The molecule has 84 valence electrons. The highest BCUT2D eigenvalue weighted by Crippen LogP contribution is 2.14. The Balaban J connectivity index is 2.71. The molecule has 0 spiro atoms. The second kappa shape index (κ2) is 5.09. The molecule has 0 saturated heterocycles. The van der Waals surface area contributed by atoms with E-state index in [2.05, 4.69) is 4.98 Å². The second-order valence-electron chi connectivity index (χ2n) is 3.96. The summed E-state index contributed by atoms with van der Waals surface area (Å²) in [5.74, 6) is 0. The van der Waals surface area contributed by atoms with Gasteiger partial charge in [-0.2, -0.15) is 0 Å². The molecule has 0 aliphatic carbocycles. The summed E-state index contributed by atoms with van der Waals surface area (Å²) in [6.07, 6.45) is 1.43. The Labute approximate surface area is 90.7 Å². The van der Waals surface area contributed by atoms with Crippen LogP contribution in [0.5, 0.6) is 0 Å². The van der Waals surface area contributed by atoms with Gasteiger partial charge in [-0.3, -0.25) is 4.98 Å². The van der Waals surface area contributed by atoms with Crippen molar-refractivity contribution in [1.82, 2.24) is 4.98 Å². The highest BCUT2D eigenvalue weighted by Gasteiger charge is 2.06. The summed E-state index contributed by atoms with van der Waals surface area (Å²) in [6.45, 7) is 4.26. The molecule has 1 unspecified atom stereocenters. The quantitative estimate of drug-likeness (QED) is 0.774. The van der Waals surface area contributed by atoms with Crippen LogP contribution >= 0.6 is 0 Å². The van der Waals surface area contributed by atoms with Gasteiger partial charge in [0.2, 0.25) is 0 Å². The van der Waals surface area contributed by atoms with Crippen LogP contribution in [0.25, 0.3) is 0 Å². The Kier molecular flexibility index (Phi) is 4.05. The zero-order valence-electron chi connectivity index (χ0n) is 9.51. The number of aromatic nitrogens is 1. The Hall–Kier alpha value is -1.13. The lowest BCUT2D eigenvalue weighted by molar-refractivity contribution is 0.201. The number of nitrogens with two attached hydrogens (primary N) is 1. The standard InChI is InChI=1S/C11H19N3O/c1-8(15)7-14(3)10-4-5-11(9(2)12)13-6-10/h4-6,8-9,15H,7,12H2,1-3H3/t8?,9-/m0/s1. The first kappa shape index (κ1) is 11.9. The molecule has 2 atom stereocenters. The van der Waals surface area contributed by atoms with Gasteiger partial charge in [0, 0.05) is 19.6 Å². The second-order valence-corrected chi connectivity index (χ2v) is 3.96. The summed E-state index contributed by atoms with van der Waals surface area (Å²) in [7, 11) is 1.93. The van der Waals surface area contributed by atoms with Crippen molar-refractivity contribution < 1.29 is 5.11 Å². The number of rotatable bonds is 4. The first-order valence-electron chi connectivity index (χ1n) is 5.11. The fourth-order valence-corrected chi connectivity index (χ4v) is 1.39. The van der Waals surface area contributed by atoms with Crippen LogP contribution in [-0.4, -0.2) is 29.8 Å². The van der Waals surface area contributed by atoms with E-state index in [1.165, 1.54) is 0 Å². The van der Waals surface area contributed by atoms with Crippen molar-refractivity contribution >= 4 is 5.69 Å². The molecule has 15 heavy (non-hydrogen) atoms. The van der Waals surface area contributed by atoms with Gasteiger partial charge in [-0.25, -0.2) is 0 Å². The third-order valence-corrected chi connectivity index (χ3v) is 2.22. The Bertz CT molecular complexity index is 295. The molecule has 0 bridgehead atoms. The molecule has 0 amide bonds. The van der Waals surface area contributed by atoms with Gasteiger partial charge in [0.05, 0.1) is 23.7 Å². The highest BCUT2D eigenvalue weighted by molar-refractivity contribution is 5.43. The van der Waals surface area contributed by atoms with Gasteiger partial charge < -0.3 is 15.7 Å². The summed E-state index contributed by atoms with van der Waals surface area (Å²) in [5, 5.41) is 9.24. The van der Waals surface area contributed by atoms with Gasteiger partial charge in [0.1, 0.15) is 0 Å². The minimum absolute atomic E-state index is 0.0406. The molecule has 4 heteroatoms. The number of anilines is 1. The van der Waals surface area contributed by atoms with Crippen molar-refractivity contribution in [2.24, 2.45) is 5.73 Å². The molecule has 3 N–H and O–H groups in total. The molecule has 0 fully saturated rings. The van der Waals surface area contributed by atoms with Crippen LogP contribution in [0.4, 0.5) is 5.69 Å². The van der Waals surface area contributed by atoms with E-state index in [0.717, 1.165) is 11.4 Å². The maximum atomic E-state index is 9.24. The fraction of sp³-hybridized carbons (Fsp3) is 0.545. The number of aliphatic hydroxyl groups excluding tert-OH is 1. The van der Waals surface area contributed by atoms with Crippen LogP contribution in [0.2, 0.25) is 0 Å². The van der Waals surface area contributed by atoms with Gasteiger partial charge in [-0.1, -0.05) is 0 Å². The van der Waals surface area contributed by atoms with Crippen molar-refractivity contribution in [1.29, 1.82) is 0 Å². The molecule has 1 aromatic heterocycles. The van der Waals surface area contributed by atoms with Gasteiger partial charge in [-0.05, 0) is 26.0 Å². The zero-order valence-corrected chi connectivity index (χ0v) is 9.51. The summed E-state index contributed by atoms with van der Waals surface area (Å²) >= 11 is 0. The third-order valence-electron chi connectivity index (χ3n) is 2.22. The number of hydrogen-bond acceptors (Lipinski definition) is 4. The smallest absolute Gasteiger partial charge is 0.0686 e. The van der Waals surface area contributed by atoms with Crippen molar-refractivity contribution in [2.75, 3.05) is 18.5 Å². The maximum absolute atomic E-state index is 9.24. The molecule has 1 aromatic rings. The number of hydrogen-bond donors (Lipinski definition) is 2. The first-order chi connectivity index (χ1) is 7.00. The molecular formula is C11H19N3O. The monoisotopic (exact) mass is 209 g/mol. The predicted molar refractivity (Wildman–Crippen MR) is 61.8 cm³/mol. The fourth-order valence-electron chi connectivity index (χ4n) is 1.39. The number of likely N-dealkylation sites (N-methyl/N-ethyl adjacent to an activating group) is 1. The number of nitrogens with zero attached hydrogens (tertiary/aromatic N) is 2. The normalized spacial score (nSPS) is 14.7. The minimum Gasteiger partial charge on any atom is -0.392 e. The largest absolute Gasteiger partial charge is 0.392 e. The first-order valence-corrected chi connectivity index (χ1v) is 5.11. The lowest BCUT2D eigenvalue weighted by atomic mass is 10.2. The Morgan fingerprint density at radius 3 is 2.53 bits per heavy atom. The van der Waals surface area contributed by atoms with E-state index in [9.17, 15) is 5.11 Å². The summed E-state index contributed by atoms with van der Waals surface area (Å²) in [6, 6.07) is 3.84. The molecule has 0 aliphatic heterocycles. The van der Waals surface area contributed by atoms with Crippen molar-refractivity contribution in [3.63, 3.8) is 0 Å². The zero-order chi connectivity index (χ0) is 11.4. The van der Waals surface area contributed by atoms with Crippen LogP contribution in [-0.2, 0) is 0 Å². The highest BCUT2D eigenvalue weighted by atomic mass is 16.3. The maximum Gasteiger partial charge on any atom is 0.0686 e. The van der Waals surface area contributed by atoms with Crippen LogP contribution in [0.1, 0.15) is 25.6 Å². The predicted octanol–water partition coefficient (Wildman–Crippen LogP) is 0.918. The lowest BCUT2D eigenvalue weighted by Gasteiger charge is -2.20. The summed E-state index contributed by atoms with van der Waals surface area (Å²) in [5.41, 5.74) is 7.57. The van der Waals surface area contributed by atoms with E-state index in [1.54, 1.807) is 13.1 Å². The average Bonchev–Trinajstić information content (AvgIpc) is 2.17. The van der Waals surface area contributed by atoms with Crippen LogP contribution in [0, 0.1) is 0 Å². The molecule has 0 radical (unpaired) electrons. The third kappa shape index (κ3) is 3.49. The topological polar surface area (TPSA) is 62.4 Å². The molecule has 0 aliphatic rings. The van der Waals surface area contributed by atoms with Gasteiger partial charge in [0.25, 0.3) is 0 Å². The van der Waals surface area contributed by atoms with E-state index >= 15 is 0 Å². The van der Waals surface area contributed by atoms with Gasteiger partial charge >= 0.3 is 0 Å². The number of pyridine rings is 1. The van der Waals surface area contributed by atoms with Crippen molar-refractivity contribution in [2.45, 2.75) is 26.0 Å². The van der Waals surface area contributed by atoms with Crippen molar-refractivity contribution in [3.8, 4) is 0 Å². The summed E-state index contributed by atoms with van der Waals surface area (Å²) < 4.78 is 0. The van der Waals surface area contributed by atoms with Crippen molar-refractivity contribution in [3.05, 3.63) is 24.0 Å². The molecule has 0 aromatic carbocycles. The van der Waals surface area contributed by atoms with Gasteiger partial charge in [0.15, 0.2) is 0 Å². The lowest BCUT2D eigenvalue weighted by Crippen LogP contribution is -2.27.